The quantitative estimate of drug-likeness (QED) is 0.502. The minimum Gasteiger partial charge on any atom is -0.459 e. The van der Waals surface area contributed by atoms with Crippen molar-refractivity contribution in [3.8, 4) is 0 Å². The number of aliphatic hydroxyl groups excluding tert-OH is 1. The van der Waals surface area contributed by atoms with E-state index in [1.807, 2.05) is 0 Å². The van der Waals surface area contributed by atoms with Gasteiger partial charge in [0.1, 0.15) is 18.5 Å². The Balaban J connectivity index is 1.79. The van der Waals surface area contributed by atoms with Crippen LogP contribution in [0.1, 0.15) is 24.2 Å². The van der Waals surface area contributed by atoms with Crippen LogP contribution in [0.15, 0.2) is 59.5 Å². The molecule has 1 unspecified atom stereocenters. The molecule has 0 saturated heterocycles. The maximum absolute atomic E-state index is 13.5. The fraction of sp³-hybridized carbons (Fsp3) is 0.350. The van der Waals surface area contributed by atoms with Crippen LogP contribution in [-0.4, -0.2) is 50.8 Å². The van der Waals surface area contributed by atoms with Crippen LogP contribution < -0.4 is 10.0 Å². The highest BCUT2D eigenvalue weighted by Gasteiger charge is 2.23. The zero-order chi connectivity index (χ0) is 21.5. The van der Waals surface area contributed by atoms with Gasteiger partial charge in [0.25, 0.3) is 0 Å². The molecule has 0 saturated carbocycles. The first-order valence-corrected chi connectivity index (χ1v) is 10.5. The third-order valence-corrected chi connectivity index (χ3v) is 5.49. The zero-order valence-electron chi connectivity index (χ0n) is 16.3. The summed E-state index contributed by atoms with van der Waals surface area (Å²) in [6.45, 7) is 3.32. The smallest absolute Gasteiger partial charge is 0.341 e. The molecule has 0 heterocycles. The second-order valence-corrected chi connectivity index (χ2v) is 8.90. The molecule has 29 heavy (non-hydrogen) atoms. The molecule has 1 atom stereocenters. The third-order valence-electron chi connectivity index (χ3n) is 4.07. The maximum Gasteiger partial charge on any atom is 0.341 e. The lowest BCUT2D eigenvalue weighted by molar-refractivity contribution is 0.0241. The molecule has 0 bridgehead atoms. The molecule has 158 valence electrons. The number of sulfonamides is 1. The summed E-state index contributed by atoms with van der Waals surface area (Å²) in [4.78, 5) is 12.0. The van der Waals surface area contributed by atoms with Crippen molar-refractivity contribution >= 4 is 16.0 Å². The molecule has 3 N–H and O–H groups in total. The van der Waals surface area contributed by atoms with Crippen molar-refractivity contribution in [1.29, 1.82) is 0 Å². The Hall–Kier alpha value is -2.33. The van der Waals surface area contributed by atoms with E-state index in [4.69, 9.17) is 4.74 Å². The molecule has 0 fully saturated rings. The Bertz CT molecular complexity index is 919. The number of carbonyl (C=O) groups excluding carboxylic acids is 1. The van der Waals surface area contributed by atoms with Crippen LogP contribution in [0, 0.1) is 5.82 Å². The lowest BCUT2D eigenvalue weighted by Gasteiger charge is -2.28. The number of benzene rings is 2. The predicted octanol–water partition coefficient (Wildman–Crippen LogP) is 1.69. The second kappa shape index (κ2) is 9.93. The van der Waals surface area contributed by atoms with Gasteiger partial charge in [-0.3, -0.25) is 0 Å². The first kappa shape index (κ1) is 23.0. The van der Waals surface area contributed by atoms with E-state index in [1.54, 1.807) is 32.0 Å². The molecule has 2 rings (SSSR count). The van der Waals surface area contributed by atoms with E-state index in [0.29, 0.717) is 0 Å². The summed E-state index contributed by atoms with van der Waals surface area (Å²) >= 11 is 0. The van der Waals surface area contributed by atoms with Crippen molar-refractivity contribution in [2.24, 2.45) is 0 Å². The molecule has 0 spiro atoms. The van der Waals surface area contributed by atoms with Gasteiger partial charge in [0, 0.05) is 18.6 Å². The largest absolute Gasteiger partial charge is 0.459 e. The van der Waals surface area contributed by atoms with Gasteiger partial charge in [0.05, 0.1) is 10.5 Å². The first-order valence-electron chi connectivity index (χ1n) is 9.00. The van der Waals surface area contributed by atoms with Gasteiger partial charge in [-0.05, 0) is 38.1 Å². The lowest BCUT2D eigenvalue weighted by atomic mass is 10.1. The molecule has 9 heteroatoms. The number of carbonyl (C=O) groups is 1. The summed E-state index contributed by atoms with van der Waals surface area (Å²) in [5, 5.41) is 13.0. The van der Waals surface area contributed by atoms with E-state index in [2.05, 4.69) is 10.0 Å². The van der Waals surface area contributed by atoms with Gasteiger partial charge in [-0.25, -0.2) is 22.3 Å². The second-order valence-electron chi connectivity index (χ2n) is 7.13. The highest BCUT2D eigenvalue weighted by atomic mass is 32.2. The lowest BCUT2D eigenvalue weighted by Crippen LogP contribution is -2.51. The van der Waals surface area contributed by atoms with E-state index in [1.165, 1.54) is 30.3 Å². The number of halogens is 1. The fourth-order valence-electron chi connectivity index (χ4n) is 2.35. The van der Waals surface area contributed by atoms with E-state index < -0.39 is 33.5 Å². The van der Waals surface area contributed by atoms with Gasteiger partial charge >= 0.3 is 5.97 Å². The van der Waals surface area contributed by atoms with Gasteiger partial charge in [-0.15, -0.1) is 0 Å². The van der Waals surface area contributed by atoms with Crippen molar-refractivity contribution in [1.82, 2.24) is 10.0 Å². The van der Waals surface area contributed by atoms with E-state index in [9.17, 15) is 22.7 Å². The SMILES string of the molecule is CC(C)(CNS(=O)(=O)c1ccccc1)NCC(O)COC(=O)c1ccccc1F. The minimum absolute atomic E-state index is 0.0462. The number of rotatable bonds is 10. The summed E-state index contributed by atoms with van der Waals surface area (Å²) < 4.78 is 45.5. The number of ether oxygens (including phenoxy) is 1. The maximum atomic E-state index is 13.5. The molecule has 7 nitrogen and oxygen atoms in total. The number of nitrogens with one attached hydrogen (secondary N) is 2. The minimum atomic E-state index is -3.65. The van der Waals surface area contributed by atoms with Crippen LogP contribution >= 0.6 is 0 Å². The van der Waals surface area contributed by atoms with Crippen LogP contribution in [0.5, 0.6) is 0 Å². The molecule has 0 aromatic heterocycles. The van der Waals surface area contributed by atoms with E-state index in [0.717, 1.165) is 6.07 Å². The van der Waals surface area contributed by atoms with Crippen LogP contribution in [0.3, 0.4) is 0 Å². The summed E-state index contributed by atoms with van der Waals surface area (Å²) in [6, 6.07) is 13.4. The Kier molecular flexibility index (Phi) is 7.86. The Morgan fingerprint density at radius 2 is 1.76 bits per heavy atom. The topological polar surface area (TPSA) is 105 Å². The van der Waals surface area contributed by atoms with Crippen molar-refractivity contribution in [3.63, 3.8) is 0 Å². The average Bonchev–Trinajstić information content (AvgIpc) is 2.70. The number of hydrogen-bond donors (Lipinski definition) is 3. The van der Waals surface area contributed by atoms with Crippen LogP contribution in [0.2, 0.25) is 0 Å². The van der Waals surface area contributed by atoms with Crippen molar-refractivity contribution in [3.05, 3.63) is 66.0 Å². The summed E-state index contributed by atoms with van der Waals surface area (Å²) in [6.07, 6.45) is -1.05. The molecular weight excluding hydrogens is 399 g/mol. The van der Waals surface area contributed by atoms with Crippen LogP contribution in [0.4, 0.5) is 4.39 Å². The molecule has 0 amide bonds. The van der Waals surface area contributed by atoms with Gasteiger partial charge < -0.3 is 15.2 Å². The Labute approximate surface area is 170 Å². The van der Waals surface area contributed by atoms with Gasteiger partial charge in [-0.2, -0.15) is 0 Å². The van der Waals surface area contributed by atoms with Crippen molar-refractivity contribution in [2.75, 3.05) is 19.7 Å². The Morgan fingerprint density at radius 1 is 1.14 bits per heavy atom. The standard InChI is InChI=1S/C20H25FN2O5S/c1-20(2,14-23-29(26,27)16-8-4-3-5-9-16)22-12-15(24)13-28-19(25)17-10-6-7-11-18(17)21/h3-11,15,22-24H,12-14H2,1-2H3. The van der Waals surface area contributed by atoms with Gasteiger partial charge in [0.2, 0.25) is 10.0 Å². The van der Waals surface area contributed by atoms with Gasteiger partial charge in [-0.1, -0.05) is 30.3 Å². The zero-order valence-corrected chi connectivity index (χ0v) is 17.1. The molecular formula is C20H25FN2O5S. The highest BCUT2D eigenvalue weighted by Crippen LogP contribution is 2.10. The van der Waals surface area contributed by atoms with E-state index in [-0.39, 0.29) is 30.2 Å². The molecule has 0 aliphatic heterocycles. The van der Waals surface area contributed by atoms with E-state index >= 15 is 0 Å². The molecule has 2 aromatic rings. The van der Waals surface area contributed by atoms with Crippen LogP contribution in [0.25, 0.3) is 0 Å². The highest BCUT2D eigenvalue weighted by molar-refractivity contribution is 7.89. The van der Waals surface area contributed by atoms with Crippen molar-refractivity contribution < 1.29 is 27.4 Å². The number of hydrogen-bond acceptors (Lipinski definition) is 6. The first-order chi connectivity index (χ1) is 13.6. The number of β-amino-alcohol motifs (C(OH)–C–C–N with tert-alkyl or cyclic N) is 1. The molecule has 0 aliphatic rings. The number of esters is 1. The molecule has 0 aliphatic carbocycles. The fourth-order valence-corrected chi connectivity index (χ4v) is 3.58. The molecule has 0 radical (unpaired) electrons. The summed E-state index contributed by atoms with van der Waals surface area (Å²) in [7, 11) is -3.65. The summed E-state index contributed by atoms with van der Waals surface area (Å²) in [5.74, 6) is -1.56. The van der Waals surface area contributed by atoms with Crippen LogP contribution in [-0.2, 0) is 14.8 Å². The number of aliphatic hydroxyl groups is 1. The monoisotopic (exact) mass is 424 g/mol. The third kappa shape index (κ3) is 7.21. The molecule has 2 aromatic carbocycles. The normalized spacial score (nSPS) is 13.1. The van der Waals surface area contributed by atoms with Crippen molar-refractivity contribution in [2.45, 2.75) is 30.4 Å². The predicted molar refractivity (Wildman–Crippen MR) is 106 cm³/mol. The Morgan fingerprint density at radius 3 is 2.41 bits per heavy atom. The summed E-state index contributed by atoms with van der Waals surface area (Å²) in [5.41, 5.74) is -0.887. The average molecular weight is 424 g/mol. The van der Waals surface area contributed by atoms with Gasteiger partial charge in [0.15, 0.2) is 0 Å².